The van der Waals surface area contributed by atoms with E-state index in [9.17, 15) is 9.90 Å². The first-order valence-electron chi connectivity index (χ1n) is 4.94. The first kappa shape index (κ1) is 11.9. The summed E-state index contributed by atoms with van der Waals surface area (Å²) in [7, 11) is 0. The van der Waals surface area contributed by atoms with Crippen LogP contribution in [0.2, 0.25) is 0 Å². The largest absolute Gasteiger partial charge is 0.477 e. The number of nitrogens with zero attached hydrogens (tertiary/aromatic N) is 2. The molecule has 1 aliphatic heterocycles. The third-order valence-corrected chi connectivity index (χ3v) is 2.77. The molecule has 0 aromatic carbocycles. The molecule has 1 rings (SSSR count). The van der Waals surface area contributed by atoms with Gasteiger partial charge in [0.1, 0.15) is 6.54 Å². The van der Waals surface area contributed by atoms with Crippen LogP contribution in [0.4, 0.5) is 0 Å². The van der Waals surface area contributed by atoms with Crippen LogP contribution in [0.5, 0.6) is 0 Å². The number of aliphatic hydroxyl groups excluding tert-OH is 1. The van der Waals surface area contributed by atoms with Gasteiger partial charge in [-0.05, 0) is 0 Å². The maximum Gasteiger partial charge on any atom is 0.359 e. The standard InChI is InChI=1S/C10H16N2O3/c1-3-4-9-11-5-6-12(9,8(2)13)7-10(14)15/h3,8,13H,1,4-7H2,2H3/p+1. The molecule has 1 heterocycles. The molecule has 0 saturated heterocycles. The van der Waals surface area contributed by atoms with Crippen LogP contribution in [-0.4, -0.2) is 52.4 Å². The summed E-state index contributed by atoms with van der Waals surface area (Å²) >= 11 is 0. The molecule has 0 fully saturated rings. The fraction of sp³-hybridized carbons (Fsp3) is 0.600. The number of amidine groups is 1. The smallest absolute Gasteiger partial charge is 0.359 e. The Morgan fingerprint density at radius 3 is 2.93 bits per heavy atom. The minimum Gasteiger partial charge on any atom is -0.477 e. The van der Waals surface area contributed by atoms with Crippen molar-refractivity contribution in [3.05, 3.63) is 12.7 Å². The van der Waals surface area contributed by atoms with E-state index in [0.717, 1.165) is 0 Å². The van der Waals surface area contributed by atoms with E-state index in [0.29, 0.717) is 25.3 Å². The summed E-state index contributed by atoms with van der Waals surface area (Å²) in [6.07, 6.45) is 1.46. The van der Waals surface area contributed by atoms with Crippen LogP contribution in [0.1, 0.15) is 13.3 Å². The zero-order chi connectivity index (χ0) is 11.5. The van der Waals surface area contributed by atoms with Gasteiger partial charge in [-0.1, -0.05) is 6.08 Å². The van der Waals surface area contributed by atoms with Gasteiger partial charge in [0.2, 0.25) is 5.84 Å². The van der Waals surface area contributed by atoms with Gasteiger partial charge in [0.25, 0.3) is 0 Å². The van der Waals surface area contributed by atoms with E-state index in [2.05, 4.69) is 11.6 Å². The molecule has 5 nitrogen and oxygen atoms in total. The molecule has 2 unspecified atom stereocenters. The molecule has 2 N–H and O–H groups in total. The summed E-state index contributed by atoms with van der Waals surface area (Å²) in [5.41, 5.74) is 0. The average molecular weight is 213 g/mol. The zero-order valence-corrected chi connectivity index (χ0v) is 8.89. The monoisotopic (exact) mass is 213 g/mol. The highest BCUT2D eigenvalue weighted by Gasteiger charge is 2.43. The Morgan fingerprint density at radius 1 is 1.80 bits per heavy atom. The van der Waals surface area contributed by atoms with Crippen LogP contribution < -0.4 is 0 Å². The van der Waals surface area contributed by atoms with Crippen LogP contribution in [0.25, 0.3) is 0 Å². The third-order valence-electron chi connectivity index (χ3n) is 2.77. The van der Waals surface area contributed by atoms with Crippen molar-refractivity contribution in [2.24, 2.45) is 4.99 Å². The van der Waals surface area contributed by atoms with E-state index in [-0.39, 0.29) is 11.0 Å². The summed E-state index contributed by atoms with van der Waals surface area (Å²) in [5.74, 6) is -0.211. The quantitative estimate of drug-likeness (QED) is 0.507. The average Bonchev–Trinajstić information content (AvgIpc) is 2.49. The van der Waals surface area contributed by atoms with Crippen molar-refractivity contribution in [1.82, 2.24) is 0 Å². The fourth-order valence-corrected chi connectivity index (χ4v) is 1.95. The van der Waals surface area contributed by atoms with E-state index in [4.69, 9.17) is 5.11 Å². The molecular formula is C10H17N2O3+. The van der Waals surface area contributed by atoms with Crippen molar-refractivity contribution < 1.29 is 19.5 Å². The number of aliphatic hydroxyl groups is 1. The summed E-state index contributed by atoms with van der Waals surface area (Å²) in [5, 5.41) is 18.6. The highest BCUT2D eigenvalue weighted by Crippen LogP contribution is 2.21. The van der Waals surface area contributed by atoms with Gasteiger partial charge >= 0.3 is 5.97 Å². The molecule has 2 atom stereocenters. The highest BCUT2D eigenvalue weighted by atomic mass is 16.4. The molecule has 0 saturated carbocycles. The summed E-state index contributed by atoms with van der Waals surface area (Å²) in [4.78, 5) is 15.1. The summed E-state index contributed by atoms with van der Waals surface area (Å²) < 4.78 is 0.0430. The van der Waals surface area contributed by atoms with Gasteiger partial charge in [0.15, 0.2) is 12.8 Å². The van der Waals surface area contributed by atoms with Crippen molar-refractivity contribution in [2.75, 3.05) is 19.6 Å². The van der Waals surface area contributed by atoms with Crippen molar-refractivity contribution in [1.29, 1.82) is 0 Å². The minimum atomic E-state index is -0.922. The number of aliphatic carboxylic acids is 1. The van der Waals surface area contributed by atoms with E-state index >= 15 is 0 Å². The predicted molar refractivity (Wildman–Crippen MR) is 56.4 cm³/mol. The highest BCUT2D eigenvalue weighted by molar-refractivity contribution is 5.81. The van der Waals surface area contributed by atoms with Gasteiger partial charge in [-0.15, -0.1) is 6.58 Å². The molecule has 15 heavy (non-hydrogen) atoms. The number of carboxylic acid groups (broad SMARTS) is 1. The Bertz CT molecular complexity index is 299. The minimum absolute atomic E-state index is 0.0430. The Labute approximate surface area is 88.9 Å². The predicted octanol–water partition coefficient (Wildman–Crippen LogP) is 0.214. The van der Waals surface area contributed by atoms with Gasteiger partial charge in [-0.2, -0.15) is 0 Å². The number of carbonyl (C=O) groups is 1. The topological polar surface area (TPSA) is 69.9 Å². The molecule has 84 valence electrons. The molecule has 0 spiro atoms. The van der Waals surface area contributed by atoms with E-state index in [1.165, 1.54) is 0 Å². The number of quaternary nitrogens is 1. The summed E-state index contributed by atoms with van der Waals surface area (Å²) in [6, 6.07) is 0. The fourth-order valence-electron chi connectivity index (χ4n) is 1.95. The van der Waals surface area contributed by atoms with Crippen LogP contribution in [0.15, 0.2) is 17.6 Å². The van der Waals surface area contributed by atoms with Crippen molar-refractivity contribution >= 4 is 11.8 Å². The Kier molecular flexibility index (Phi) is 3.60. The van der Waals surface area contributed by atoms with Gasteiger partial charge in [-0.3, -0.25) is 0 Å². The van der Waals surface area contributed by atoms with E-state index < -0.39 is 12.2 Å². The normalized spacial score (nSPS) is 27.2. The molecular weight excluding hydrogens is 196 g/mol. The Morgan fingerprint density at radius 2 is 2.47 bits per heavy atom. The molecule has 0 amide bonds. The van der Waals surface area contributed by atoms with Crippen molar-refractivity contribution in [2.45, 2.75) is 19.6 Å². The number of rotatable bonds is 5. The Hall–Kier alpha value is -1.20. The SMILES string of the molecule is C=CCC1=NCC[N+]1(CC(=O)O)C(C)O. The van der Waals surface area contributed by atoms with E-state index in [1.807, 2.05) is 0 Å². The molecule has 1 aliphatic rings. The second-order valence-electron chi connectivity index (χ2n) is 3.73. The number of hydrogen-bond acceptors (Lipinski definition) is 3. The van der Waals surface area contributed by atoms with Crippen molar-refractivity contribution in [3.8, 4) is 0 Å². The molecule has 0 bridgehead atoms. The van der Waals surface area contributed by atoms with Gasteiger partial charge in [-0.25, -0.2) is 14.3 Å². The number of hydrogen-bond donors (Lipinski definition) is 2. The lowest BCUT2D eigenvalue weighted by molar-refractivity contribution is -0.877. The lowest BCUT2D eigenvalue weighted by Gasteiger charge is -2.35. The van der Waals surface area contributed by atoms with Gasteiger partial charge in [0, 0.05) is 6.92 Å². The van der Waals surface area contributed by atoms with E-state index in [1.54, 1.807) is 13.0 Å². The maximum atomic E-state index is 10.8. The first-order chi connectivity index (χ1) is 7.03. The first-order valence-corrected chi connectivity index (χ1v) is 4.94. The van der Waals surface area contributed by atoms with Crippen LogP contribution >= 0.6 is 0 Å². The summed E-state index contributed by atoms with van der Waals surface area (Å²) in [6.45, 7) is 6.21. The van der Waals surface area contributed by atoms with Crippen LogP contribution in [-0.2, 0) is 4.79 Å². The lowest BCUT2D eigenvalue weighted by Crippen LogP contribution is -2.59. The molecule has 0 aromatic rings. The molecule has 0 radical (unpaired) electrons. The Balaban J connectivity index is 2.95. The van der Waals surface area contributed by atoms with Crippen molar-refractivity contribution in [3.63, 3.8) is 0 Å². The second kappa shape index (κ2) is 4.55. The molecule has 0 aliphatic carbocycles. The lowest BCUT2D eigenvalue weighted by atomic mass is 10.2. The molecule has 0 aromatic heterocycles. The van der Waals surface area contributed by atoms with Gasteiger partial charge in [0.05, 0.1) is 13.0 Å². The van der Waals surface area contributed by atoms with Crippen LogP contribution in [0, 0.1) is 0 Å². The zero-order valence-electron chi connectivity index (χ0n) is 8.89. The number of aliphatic imine (C=N–C) groups is 1. The third kappa shape index (κ3) is 2.24. The molecule has 5 heteroatoms. The maximum absolute atomic E-state index is 10.8. The second-order valence-corrected chi connectivity index (χ2v) is 3.73. The van der Waals surface area contributed by atoms with Gasteiger partial charge < -0.3 is 10.2 Å². The van der Waals surface area contributed by atoms with Crippen LogP contribution in [0.3, 0.4) is 0 Å². The number of carboxylic acids is 1.